The molecule has 0 aliphatic heterocycles. The zero-order chi connectivity index (χ0) is 21.2. The van der Waals surface area contributed by atoms with Crippen LogP contribution in [0.4, 0.5) is 0 Å². The molecule has 0 radical (unpaired) electrons. The van der Waals surface area contributed by atoms with Crippen molar-refractivity contribution in [2.24, 2.45) is 0 Å². The van der Waals surface area contributed by atoms with Gasteiger partial charge in [-0.15, -0.1) is 0 Å². The van der Waals surface area contributed by atoms with Gasteiger partial charge in [0.15, 0.2) is 0 Å². The summed E-state index contributed by atoms with van der Waals surface area (Å²) in [5, 5.41) is 29.3. The van der Waals surface area contributed by atoms with Crippen LogP contribution >= 0.6 is 0 Å². The number of rotatable bonds is 12. The van der Waals surface area contributed by atoms with E-state index in [1.54, 1.807) is 6.92 Å². The molecule has 0 atom stereocenters. The van der Waals surface area contributed by atoms with Crippen molar-refractivity contribution >= 4 is 17.9 Å². The number of hydrogen-bond acceptors (Lipinski definition) is 6. The molecule has 0 aliphatic carbocycles. The maximum atomic E-state index is 9.76. The number of carboxylic acids is 3. The SMILES string of the molecule is CCCCCC(=O)[O-].CCCCCC(=O)[O-].CCCCCC(=O)[O-].[CH2-]C.[Ti+4]. The summed E-state index contributed by atoms with van der Waals surface area (Å²) in [5.74, 6) is -2.80. The van der Waals surface area contributed by atoms with Gasteiger partial charge in [-0.1, -0.05) is 59.3 Å². The zero-order valence-electron chi connectivity index (χ0n) is 17.6. The molecular weight excluding hydrogens is 384 g/mol. The molecule has 0 bridgehead atoms. The first-order valence-corrected chi connectivity index (χ1v) is 9.61. The van der Waals surface area contributed by atoms with E-state index in [1.165, 1.54) is 0 Å². The molecule has 7 heteroatoms. The van der Waals surface area contributed by atoms with Gasteiger partial charge in [-0.3, -0.25) is 0 Å². The summed E-state index contributed by atoms with van der Waals surface area (Å²) in [7, 11) is 0. The molecule has 0 amide bonds. The molecule has 0 aromatic heterocycles. The van der Waals surface area contributed by atoms with Crippen LogP contribution in [0.5, 0.6) is 0 Å². The van der Waals surface area contributed by atoms with Crippen molar-refractivity contribution in [3.63, 3.8) is 0 Å². The first-order valence-electron chi connectivity index (χ1n) is 9.61. The smallest absolute Gasteiger partial charge is 0.550 e. The fourth-order valence-corrected chi connectivity index (χ4v) is 1.56. The van der Waals surface area contributed by atoms with Crippen LogP contribution in [-0.2, 0) is 36.1 Å². The Morgan fingerprint density at radius 2 is 0.741 bits per heavy atom. The standard InChI is InChI=1S/3C6H12O2.C2H5.Ti/c3*1-2-3-4-5-6(7)8;1-2;/h3*2-5H2,1H3,(H,7,8);1H2,2H3;/q;;;-1;+4/p-3. The van der Waals surface area contributed by atoms with Crippen LogP contribution in [0.25, 0.3) is 0 Å². The second-order valence-electron chi connectivity index (χ2n) is 5.49. The van der Waals surface area contributed by atoms with E-state index in [2.05, 4.69) is 6.92 Å². The van der Waals surface area contributed by atoms with Gasteiger partial charge in [-0.2, -0.15) is 6.92 Å². The molecule has 27 heavy (non-hydrogen) atoms. The third kappa shape index (κ3) is 67.3. The Kier molecular flexibility index (Phi) is 49.4. The van der Waals surface area contributed by atoms with Gasteiger partial charge in [0.05, 0.1) is 0 Å². The average Bonchev–Trinajstić information content (AvgIpc) is 2.58. The van der Waals surface area contributed by atoms with E-state index in [0.717, 1.165) is 57.8 Å². The van der Waals surface area contributed by atoms with Gasteiger partial charge in [0.25, 0.3) is 0 Å². The van der Waals surface area contributed by atoms with Gasteiger partial charge < -0.3 is 36.6 Å². The predicted octanol–water partition coefficient (Wildman–Crippen LogP) is 1.79. The third-order valence-electron chi connectivity index (χ3n) is 2.95. The molecule has 0 fully saturated rings. The van der Waals surface area contributed by atoms with Gasteiger partial charge in [0.2, 0.25) is 0 Å². The Labute approximate surface area is 181 Å². The number of carbonyl (C=O) groups is 3. The summed E-state index contributed by atoms with van der Waals surface area (Å²) in [6.45, 7) is 11.1. The third-order valence-corrected chi connectivity index (χ3v) is 2.95. The van der Waals surface area contributed by atoms with Crippen molar-refractivity contribution in [1.29, 1.82) is 0 Å². The van der Waals surface area contributed by atoms with Gasteiger partial charge in [0.1, 0.15) is 0 Å². The number of carboxylic acid groups (broad SMARTS) is 3. The van der Waals surface area contributed by atoms with E-state index in [1.807, 2.05) is 20.8 Å². The van der Waals surface area contributed by atoms with Crippen molar-refractivity contribution in [2.45, 2.75) is 105 Å². The summed E-state index contributed by atoms with van der Waals surface area (Å²) in [6.07, 6.45) is 9.11. The molecule has 0 spiro atoms. The monoisotopic (exact) mass is 422 g/mol. The second kappa shape index (κ2) is 36.1. The van der Waals surface area contributed by atoms with Crippen LogP contribution in [0.2, 0.25) is 0 Å². The zero-order valence-corrected chi connectivity index (χ0v) is 19.2. The van der Waals surface area contributed by atoms with Crippen molar-refractivity contribution in [3.05, 3.63) is 6.92 Å². The van der Waals surface area contributed by atoms with E-state index < -0.39 is 17.9 Å². The van der Waals surface area contributed by atoms with Crippen molar-refractivity contribution in [2.75, 3.05) is 0 Å². The molecule has 0 aliphatic rings. The number of hydrogen-bond donors (Lipinski definition) is 0. The minimum atomic E-state index is -0.932. The Balaban J connectivity index is -0.0000000840. The van der Waals surface area contributed by atoms with Crippen LogP contribution in [0.1, 0.15) is 105 Å². The molecule has 0 saturated heterocycles. The molecule has 158 valence electrons. The van der Waals surface area contributed by atoms with Crippen LogP contribution < -0.4 is 15.3 Å². The number of aliphatic carboxylic acids is 3. The molecule has 0 aromatic carbocycles. The maximum Gasteiger partial charge on any atom is 4.00 e. The van der Waals surface area contributed by atoms with E-state index in [9.17, 15) is 29.7 Å². The Morgan fingerprint density at radius 3 is 0.852 bits per heavy atom. The quantitative estimate of drug-likeness (QED) is 0.269. The molecular formula is C20H38O6Ti. The minimum Gasteiger partial charge on any atom is -0.550 e. The minimum absolute atomic E-state index is 0. The largest absolute Gasteiger partial charge is 4.00 e. The second-order valence-corrected chi connectivity index (χ2v) is 5.49. The van der Waals surface area contributed by atoms with Crippen molar-refractivity contribution in [3.8, 4) is 0 Å². The molecule has 0 N–H and O–H groups in total. The van der Waals surface area contributed by atoms with Crippen molar-refractivity contribution in [1.82, 2.24) is 0 Å². The predicted molar refractivity (Wildman–Crippen MR) is 98.5 cm³/mol. The van der Waals surface area contributed by atoms with E-state index in [4.69, 9.17) is 0 Å². The van der Waals surface area contributed by atoms with E-state index >= 15 is 0 Å². The molecule has 0 rings (SSSR count). The topological polar surface area (TPSA) is 120 Å². The molecule has 0 unspecified atom stereocenters. The normalized spacial score (nSPS) is 8.33. The maximum absolute atomic E-state index is 9.76. The van der Waals surface area contributed by atoms with Crippen LogP contribution in [0, 0.1) is 6.92 Å². The van der Waals surface area contributed by atoms with Crippen molar-refractivity contribution < 1.29 is 51.4 Å². The Hall–Kier alpha value is -0.876. The number of unbranched alkanes of at least 4 members (excludes halogenated alkanes) is 6. The Morgan fingerprint density at radius 1 is 0.556 bits per heavy atom. The van der Waals surface area contributed by atoms with E-state index in [-0.39, 0.29) is 41.0 Å². The average molecular weight is 422 g/mol. The molecule has 0 saturated carbocycles. The summed E-state index contributed by atoms with van der Waals surface area (Å²) >= 11 is 0. The fraction of sp³-hybridized carbons (Fsp3) is 0.800. The Bertz CT molecular complexity index is 261. The molecule has 6 nitrogen and oxygen atoms in total. The van der Waals surface area contributed by atoms with E-state index in [0.29, 0.717) is 0 Å². The van der Waals surface area contributed by atoms with Gasteiger partial charge in [-0.05, 0) is 38.5 Å². The van der Waals surface area contributed by atoms with Crippen LogP contribution in [0.15, 0.2) is 0 Å². The number of carbonyl (C=O) groups excluding carboxylic acids is 3. The first kappa shape index (κ1) is 37.0. The molecule has 0 heterocycles. The summed E-state index contributed by atoms with van der Waals surface area (Å²) in [6, 6.07) is 0. The van der Waals surface area contributed by atoms with Gasteiger partial charge in [-0.25, -0.2) is 0 Å². The molecule has 0 aromatic rings. The van der Waals surface area contributed by atoms with Crippen LogP contribution in [-0.4, -0.2) is 17.9 Å². The van der Waals surface area contributed by atoms with Crippen LogP contribution in [0.3, 0.4) is 0 Å². The van der Waals surface area contributed by atoms with Gasteiger partial charge in [0, 0.05) is 17.9 Å². The fourth-order valence-electron chi connectivity index (χ4n) is 1.56. The summed E-state index contributed by atoms with van der Waals surface area (Å²) < 4.78 is 0. The summed E-state index contributed by atoms with van der Waals surface area (Å²) in [4.78, 5) is 29.3. The first-order chi connectivity index (χ1) is 12.3. The summed E-state index contributed by atoms with van der Waals surface area (Å²) in [5.41, 5.74) is 0. The van der Waals surface area contributed by atoms with Gasteiger partial charge >= 0.3 is 21.7 Å².